The van der Waals surface area contributed by atoms with Crippen molar-refractivity contribution in [3.05, 3.63) is 0 Å². The Labute approximate surface area is 427 Å². The minimum atomic E-state index is -1.11. The van der Waals surface area contributed by atoms with Crippen molar-refractivity contribution in [1.29, 1.82) is 0 Å². The smallest absolute Gasteiger partial charge is 0.304 e. The maximum Gasteiger partial charge on any atom is 0.304 e. The number of carbonyl (C=O) groups is 8. The zero-order valence-corrected chi connectivity index (χ0v) is 43.1. The van der Waals surface area contributed by atoms with Gasteiger partial charge in [0.05, 0.1) is 115 Å². The maximum absolute atomic E-state index is 9.55. The van der Waals surface area contributed by atoms with Gasteiger partial charge in [-0.15, -0.1) is 0 Å². The average Bonchev–Trinajstić information content (AvgIpc) is 3.22. The van der Waals surface area contributed by atoms with Crippen molar-refractivity contribution in [2.75, 3.05) is 98.9 Å². The van der Waals surface area contributed by atoms with Crippen LogP contribution in [0.5, 0.6) is 0 Å². The van der Waals surface area contributed by atoms with Gasteiger partial charge < -0.3 is 81.7 Å². The van der Waals surface area contributed by atoms with Crippen LogP contribution in [0.2, 0.25) is 0 Å². The van der Waals surface area contributed by atoms with Gasteiger partial charge in [0.25, 0.3) is 0 Å². The summed E-state index contributed by atoms with van der Waals surface area (Å²) >= 11 is 29.4. The number of thiol groups is 8. The highest BCUT2D eigenvalue weighted by Gasteiger charge is 2.27. The Balaban J connectivity index is -0.0000000663. The summed E-state index contributed by atoms with van der Waals surface area (Å²) in [6.07, 6.45) is 1.25. The van der Waals surface area contributed by atoms with E-state index >= 15 is 0 Å². The molecule has 0 aromatic carbocycles. The van der Waals surface area contributed by atoms with Crippen molar-refractivity contribution < 1.29 is 120 Å². The summed E-state index contributed by atoms with van der Waals surface area (Å²) in [7, 11) is 0. The lowest BCUT2D eigenvalue weighted by atomic mass is 9.93. The molecule has 0 fully saturated rings. The van der Waals surface area contributed by atoms with E-state index in [1.165, 1.54) is 0 Å². The molecule has 0 saturated heterocycles. The minimum Gasteiger partial charge on any atom is -0.481 e. The highest BCUT2D eigenvalue weighted by molar-refractivity contribution is 7.81. The standard InChI is InChI=1S/2C5H12O4.8C3H6O2S/c2*6-1-5(2-7,3-8)4-9;8*4-3(5)1-2-6/h2*6-9H,1-4H2;8*6H,1-2H2,(H,4,5). The molecule has 0 aliphatic carbocycles. The summed E-state index contributed by atoms with van der Waals surface area (Å²) in [5, 5.41) is 131. The van der Waals surface area contributed by atoms with Crippen molar-refractivity contribution in [3.63, 3.8) is 0 Å². The Kier molecular flexibility index (Phi) is 95.6. The van der Waals surface area contributed by atoms with Crippen LogP contribution >= 0.6 is 101 Å². The van der Waals surface area contributed by atoms with E-state index in [9.17, 15) is 38.4 Å². The van der Waals surface area contributed by atoms with E-state index in [0.29, 0.717) is 46.0 Å². The number of carboxylic acids is 8. The molecule has 0 heterocycles. The first-order valence-corrected chi connectivity index (χ1v) is 23.2. The summed E-state index contributed by atoms with van der Waals surface area (Å²) in [6.45, 7) is -3.25. The van der Waals surface area contributed by atoms with Gasteiger partial charge in [-0.3, -0.25) is 38.4 Å². The Bertz CT molecular complexity index is 875. The third-order valence-electron chi connectivity index (χ3n) is 5.29. The van der Waals surface area contributed by atoms with Crippen molar-refractivity contribution in [2.24, 2.45) is 10.8 Å². The molecule has 0 aliphatic heterocycles. The number of aliphatic hydroxyl groups is 8. The molecule has 0 bridgehead atoms. The largest absolute Gasteiger partial charge is 0.481 e. The number of rotatable bonds is 24. The predicted molar refractivity (Wildman–Crippen MR) is 270 cm³/mol. The Morgan fingerprint density at radius 2 is 0.303 bits per heavy atom. The van der Waals surface area contributed by atoms with Crippen LogP contribution in [0.4, 0.5) is 0 Å². The molecule has 0 saturated carbocycles. The molecule has 0 unspecified atom stereocenters. The number of aliphatic carboxylic acids is 8. The number of aliphatic hydroxyl groups excluding tert-OH is 8. The van der Waals surface area contributed by atoms with Crippen LogP contribution in [-0.4, -0.2) is 228 Å². The second kappa shape index (κ2) is 72.2. The predicted octanol–water partition coefficient (Wildman–Crippen LogP) is -0.989. The van der Waals surface area contributed by atoms with Gasteiger partial charge in [-0.1, -0.05) is 0 Å². The molecular formula is C34H72O24S8. The van der Waals surface area contributed by atoms with Crippen molar-refractivity contribution >= 4 is 149 Å². The van der Waals surface area contributed by atoms with Crippen LogP contribution < -0.4 is 0 Å². The maximum atomic E-state index is 9.55. The third kappa shape index (κ3) is 109. The van der Waals surface area contributed by atoms with E-state index in [2.05, 4.69) is 101 Å². The van der Waals surface area contributed by atoms with E-state index in [4.69, 9.17) is 81.7 Å². The number of hydrogen-bond acceptors (Lipinski definition) is 24. The molecule has 16 N–H and O–H groups in total. The van der Waals surface area contributed by atoms with Crippen LogP contribution in [0.1, 0.15) is 51.4 Å². The van der Waals surface area contributed by atoms with Gasteiger partial charge in [-0.2, -0.15) is 101 Å². The second-order valence-corrected chi connectivity index (χ2v) is 14.8. The summed E-state index contributed by atoms with van der Waals surface area (Å²) < 4.78 is 0. The Morgan fingerprint density at radius 3 is 0.303 bits per heavy atom. The monoisotopic (exact) mass is 1120 g/mol. The molecule has 24 nitrogen and oxygen atoms in total. The van der Waals surface area contributed by atoms with Gasteiger partial charge >= 0.3 is 47.8 Å². The lowest BCUT2D eigenvalue weighted by molar-refractivity contribution is -0.137. The fourth-order valence-corrected chi connectivity index (χ4v) is 2.90. The van der Waals surface area contributed by atoms with Gasteiger partial charge in [0.15, 0.2) is 0 Å². The SMILES string of the molecule is O=C(O)CCS.O=C(O)CCS.O=C(O)CCS.O=C(O)CCS.O=C(O)CCS.O=C(O)CCS.O=C(O)CCS.O=C(O)CCS.OCC(CO)(CO)CO.OCC(CO)(CO)CO. The van der Waals surface area contributed by atoms with Crippen LogP contribution in [0, 0.1) is 10.8 Å². The van der Waals surface area contributed by atoms with Crippen LogP contribution in [0.25, 0.3) is 0 Å². The minimum absolute atomic E-state index is 0.156. The van der Waals surface area contributed by atoms with E-state index in [1.807, 2.05) is 0 Å². The van der Waals surface area contributed by atoms with E-state index in [1.54, 1.807) is 0 Å². The molecule has 0 atom stereocenters. The molecule has 0 radical (unpaired) electrons. The van der Waals surface area contributed by atoms with Gasteiger partial charge in [0.2, 0.25) is 0 Å². The van der Waals surface area contributed by atoms with Crippen molar-refractivity contribution in [3.8, 4) is 0 Å². The third-order valence-corrected chi connectivity index (χ3v) is 7.08. The fourth-order valence-electron chi connectivity index (χ4n) is 1.37. The van der Waals surface area contributed by atoms with E-state index in [0.717, 1.165) is 0 Å². The topological polar surface area (TPSA) is 460 Å². The Hall–Kier alpha value is -1.76. The summed E-state index contributed by atoms with van der Waals surface area (Å²) in [6, 6.07) is 0. The van der Waals surface area contributed by atoms with Gasteiger partial charge in [-0.25, -0.2) is 0 Å². The summed E-state index contributed by atoms with van der Waals surface area (Å²) in [5.74, 6) is -2.89. The van der Waals surface area contributed by atoms with E-state index in [-0.39, 0.29) is 51.4 Å². The molecule has 0 rings (SSSR count). The molecule has 0 spiro atoms. The lowest BCUT2D eigenvalue weighted by Crippen LogP contribution is -2.37. The quantitative estimate of drug-likeness (QED) is 0.0516. The lowest BCUT2D eigenvalue weighted by Gasteiger charge is -2.23. The molecule has 400 valence electrons. The zero-order chi connectivity index (χ0) is 54.6. The highest BCUT2D eigenvalue weighted by Crippen LogP contribution is 2.12. The van der Waals surface area contributed by atoms with Gasteiger partial charge in [0, 0.05) is 46.0 Å². The average molecular weight is 1120 g/mol. The normalized spacial score (nSPS) is 9.21. The molecule has 0 aromatic rings. The molecule has 0 aromatic heterocycles. The fraction of sp³-hybridized carbons (Fsp3) is 0.765. The van der Waals surface area contributed by atoms with Crippen molar-refractivity contribution in [2.45, 2.75) is 51.4 Å². The first-order valence-electron chi connectivity index (χ1n) is 18.1. The van der Waals surface area contributed by atoms with E-state index < -0.39 is 111 Å². The van der Waals surface area contributed by atoms with Crippen LogP contribution in [0.3, 0.4) is 0 Å². The van der Waals surface area contributed by atoms with Crippen LogP contribution in [-0.2, 0) is 38.4 Å². The summed E-state index contributed by atoms with van der Waals surface area (Å²) in [4.78, 5) is 76.4. The molecule has 32 heteroatoms. The number of carboxylic acid groups (broad SMARTS) is 8. The first kappa shape index (κ1) is 87.3. The second-order valence-electron chi connectivity index (χ2n) is 11.2. The number of hydrogen-bond donors (Lipinski definition) is 24. The molecule has 0 amide bonds. The van der Waals surface area contributed by atoms with Crippen molar-refractivity contribution in [1.82, 2.24) is 0 Å². The summed E-state index contributed by atoms with van der Waals surface area (Å²) in [5.41, 5.74) is -2.22. The molecule has 66 heavy (non-hydrogen) atoms. The molecular weight excluding hydrogens is 1050 g/mol. The highest BCUT2D eigenvalue weighted by atomic mass is 32.1. The van der Waals surface area contributed by atoms with Crippen LogP contribution in [0.15, 0.2) is 0 Å². The zero-order valence-electron chi connectivity index (χ0n) is 36.0. The molecule has 0 aliphatic rings. The first-order chi connectivity index (χ1) is 30.6. The van der Waals surface area contributed by atoms with Gasteiger partial charge in [-0.05, 0) is 0 Å². The van der Waals surface area contributed by atoms with Gasteiger partial charge in [0.1, 0.15) is 0 Å². The Morgan fingerprint density at radius 1 is 0.227 bits per heavy atom.